The SMILES string of the molecule is CCOC(=O)Nc1ccc(Nc2ccc(F)cc2)cc1. The smallest absolute Gasteiger partial charge is 0.411 e. The van der Waals surface area contributed by atoms with Crippen molar-refractivity contribution in [2.45, 2.75) is 6.92 Å². The number of carbonyl (C=O) groups excluding carboxylic acids is 1. The first kappa shape index (κ1) is 13.9. The van der Waals surface area contributed by atoms with Crippen LogP contribution in [0.4, 0.5) is 26.2 Å². The van der Waals surface area contributed by atoms with Crippen LogP contribution in [0.15, 0.2) is 48.5 Å². The Balaban J connectivity index is 1.97. The largest absolute Gasteiger partial charge is 0.450 e. The summed E-state index contributed by atoms with van der Waals surface area (Å²) in [5.41, 5.74) is 2.27. The summed E-state index contributed by atoms with van der Waals surface area (Å²) >= 11 is 0. The summed E-state index contributed by atoms with van der Waals surface area (Å²) < 4.78 is 17.6. The van der Waals surface area contributed by atoms with E-state index in [4.69, 9.17) is 4.74 Å². The molecule has 20 heavy (non-hydrogen) atoms. The molecule has 0 spiro atoms. The molecule has 0 fully saturated rings. The zero-order valence-corrected chi connectivity index (χ0v) is 11.0. The second-order valence-electron chi connectivity index (χ2n) is 4.05. The van der Waals surface area contributed by atoms with Gasteiger partial charge in [0.05, 0.1) is 6.61 Å². The molecule has 2 rings (SSSR count). The lowest BCUT2D eigenvalue weighted by molar-refractivity contribution is 0.168. The molecule has 0 atom stereocenters. The number of amides is 1. The van der Waals surface area contributed by atoms with Gasteiger partial charge in [0.25, 0.3) is 0 Å². The lowest BCUT2D eigenvalue weighted by atomic mass is 10.2. The average Bonchev–Trinajstić information content (AvgIpc) is 2.44. The molecule has 104 valence electrons. The molecular weight excluding hydrogens is 259 g/mol. The Morgan fingerprint density at radius 3 is 2.05 bits per heavy atom. The first-order valence-corrected chi connectivity index (χ1v) is 6.24. The summed E-state index contributed by atoms with van der Waals surface area (Å²) in [5, 5.41) is 5.73. The Hall–Kier alpha value is -2.56. The molecule has 0 aliphatic carbocycles. The van der Waals surface area contributed by atoms with Gasteiger partial charge in [0.1, 0.15) is 5.82 Å². The molecule has 2 N–H and O–H groups in total. The van der Waals surface area contributed by atoms with Gasteiger partial charge in [-0.05, 0) is 55.5 Å². The van der Waals surface area contributed by atoms with Crippen molar-refractivity contribution >= 4 is 23.2 Å². The van der Waals surface area contributed by atoms with E-state index in [0.717, 1.165) is 11.4 Å². The van der Waals surface area contributed by atoms with Crippen molar-refractivity contribution in [3.63, 3.8) is 0 Å². The van der Waals surface area contributed by atoms with Gasteiger partial charge in [-0.15, -0.1) is 0 Å². The van der Waals surface area contributed by atoms with E-state index >= 15 is 0 Å². The summed E-state index contributed by atoms with van der Waals surface area (Å²) in [5.74, 6) is -0.274. The minimum atomic E-state index is -0.480. The summed E-state index contributed by atoms with van der Waals surface area (Å²) in [7, 11) is 0. The maximum atomic E-state index is 12.8. The van der Waals surface area contributed by atoms with Crippen LogP contribution in [-0.4, -0.2) is 12.7 Å². The van der Waals surface area contributed by atoms with Crippen molar-refractivity contribution in [3.05, 3.63) is 54.3 Å². The van der Waals surface area contributed by atoms with Gasteiger partial charge in [-0.1, -0.05) is 0 Å². The average molecular weight is 274 g/mol. The number of benzene rings is 2. The van der Waals surface area contributed by atoms with E-state index in [1.54, 1.807) is 31.2 Å². The highest BCUT2D eigenvalue weighted by Crippen LogP contribution is 2.19. The van der Waals surface area contributed by atoms with Crippen LogP contribution >= 0.6 is 0 Å². The predicted octanol–water partition coefficient (Wildman–Crippen LogP) is 4.14. The molecule has 0 heterocycles. The molecule has 0 bridgehead atoms. The number of ether oxygens (including phenoxy) is 1. The number of hydrogen-bond donors (Lipinski definition) is 2. The quantitative estimate of drug-likeness (QED) is 0.881. The van der Waals surface area contributed by atoms with Gasteiger partial charge >= 0.3 is 6.09 Å². The van der Waals surface area contributed by atoms with Crippen molar-refractivity contribution in [2.75, 3.05) is 17.2 Å². The van der Waals surface area contributed by atoms with Crippen LogP contribution in [0.2, 0.25) is 0 Å². The Morgan fingerprint density at radius 2 is 1.50 bits per heavy atom. The molecule has 2 aromatic carbocycles. The molecule has 0 aliphatic heterocycles. The third kappa shape index (κ3) is 3.98. The molecule has 2 aromatic rings. The van der Waals surface area contributed by atoms with Gasteiger partial charge in [-0.3, -0.25) is 5.32 Å². The maximum absolute atomic E-state index is 12.8. The normalized spacial score (nSPS) is 9.90. The molecule has 0 saturated heterocycles. The third-order valence-corrected chi connectivity index (χ3v) is 2.54. The van der Waals surface area contributed by atoms with E-state index in [2.05, 4.69) is 10.6 Å². The lowest BCUT2D eigenvalue weighted by Crippen LogP contribution is -2.13. The number of halogens is 1. The molecule has 0 saturated carbocycles. The topological polar surface area (TPSA) is 50.4 Å². The van der Waals surface area contributed by atoms with Crippen LogP contribution in [0.5, 0.6) is 0 Å². The Labute approximate surface area is 116 Å². The fourth-order valence-electron chi connectivity index (χ4n) is 1.62. The second kappa shape index (κ2) is 6.56. The van der Waals surface area contributed by atoms with E-state index in [1.165, 1.54) is 12.1 Å². The van der Waals surface area contributed by atoms with Crippen molar-refractivity contribution in [3.8, 4) is 0 Å². The summed E-state index contributed by atoms with van der Waals surface area (Å²) in [6.07, 6.45) is -0.480. The highest BCUT2D eigenvalue weighted by atomic mass is 19.1. The zero-order chi connectivity index (χ0) is 14.4. The molecule has 0 unspecified atom stereocenters. The summed E-state index contributed by atoms with van der Waals surface area (Å²) in [4.78, 5) is 11.2. The molecule has 0 radical (unpaired) electrons. The van der Waals surface area contributed by atoms with E-state index < -0.39 is 6.09 Å². The van der Waals surface area contributed by atoms with Gasteiger partial charge in [0.15, 0.2) is 0 Å². The molecule has 0 aromatic heterocycles. The fraction of sp³-hybridized carbons (Fsp3) is 0.133. The molecule has 4 nitrogen and oxygen atoms in total. The predicted molar refractivity (Wildman–Crippen MR) is 76.8 cm³/mol. The van der Waals surface area contributed by atoms with Crippen molar-refractivity contribution in [1.29, 1.82) is 0 Å². The zero-order valence-electron chi connectivity index (χ0n) is 11.0. The highest BCUT2D eigenvalue weighted by molar-refractivity contribution is 5.84. The van der Waals surface area contributed by atoms with Gasteiger partial charge in [0.2, 0.25) is 0 Å². The number of carbonyl (C=O) groups is 1. The summed E-state index contributed by atoms with van der Waals surface area (Å²) in [6.45, 7) is 2.07. The Morgan fingerprint density at radius 1 is 1.00 bits per heavy atom. The minimum Gasteiger partial charge on any atom is -0.450 e. The summed E-state index contributed by atoms with van der Waals surface area (Å²) in [6, 6.07) is 13.2. The fourth-order valence-corrected chi connectivity index (χ4v) is 1.62. The van der Waals surface area contributed by atoms with E-state index in [1.807, 2.05) is 12.1 Å². The Kier molecular flexibility index (Phi) is 4.55. The Bertz CT molecular complexity index is 567. The van der Waals surface area contributed by atoms with Gasteiger partial charge in [0, 0.05) is 17.1 Å². The van der Waals surface area contributed by atoms with Crippen LogP contribution in [0, 0.1) is 5.82 Å². The van der Waals surface area contributed by atoms with Crippen molar-refractivity contribution in [1.82, 2.24) is 0 Å². The molecule has 5 heteroatoms. The molecule has 0 aliphatic rings. The van der Waals surface area contributed by atoms with Crippen molar-refractivity contribution in [2.24, 2.45) is 0 Å². The number of hydrogen-bond acceptors (Lipinski definition) is 3. The minimum absolute atomic E-state index is 0.274. The van der Waals surface area contributed by atoms with Crippen LogP contribution in [0.25, 0.3) is 0 Å². The van der Waals surface area contributed by atoms with Crippen LogP contribution < -0.4 is 10.6 Å². The van der Waals surface area contributed by atoms with Crippen molar-refractivity contribution < 1.29 is 13.9 Å². The van der Waals surface area contributed by atoms with Crippen LogP contribution in [0.1, 0.15) is 6.92 Å². The third-order valence-electron chi connectivity index (χ3n) is 2.54. The molecular formula is C15H15FN2O2. The monoisotopic (exact) mass is 274 g/mol. The van der Waals surface area contributed by atoms with Crippen LogP contribution in [0.3, 0.4) is 0 Å². The van der Waals surface area contributed by atoms with E-state index in [-0.39, 0.29) is 5.82 Å². The second-order valence-corrected chi connectivity index (χ2v) is 4.05. The van der Waals surface area contributed by atoms with Crippen LogP contribution in [-0.2, 0) is 4.74 Å². The maximum Gasteiger partial charge on any atom is 0.411 e. The standard InChI is InChI=1S/C15H15FN2O2/c1-2-20-15(19)18-14-9-7-13(8-10-14)17-12-5-3-11(16)4-6-12/h3-10,17H,2H2,1H3,(H,18,19). The van der Waals surface area contributed by atoms with Gasteiger partial charge in [-0.25, -0.2) is 9.18 Å². The lowest BCUT2D eigenvalue weighted by Gasteiger charge is -2.08. The first-order chi connectivity index (χ1) is 9.67. The van der Waals surface area contributed by atoms with Gasteiger partial charge in [-0.2, -0.15) is 0 Å². The molecule has 1 amide bonds. The number of nitrogens with one attached hydrogen (secondary N) is 2. The van der Waals surface area contributed by atoms with Gasteiger partial charge < -0.3 is 10.1 Å². The number of anilines is 3. The number of rotatable bonds is 4. The first-order valence-electron chi connectivity index (χ1n) is 6.24. The highest BCUT2D eigenvalue weighted by Gasteiger charge is 2.01. The van der Waals surface area contributed by atoms with E-state index in [9.17, 15) is 9.18 Å². The van der Waals surface area contributed by atoms with E-state index in [0.29, 0.717) is 12.3 Å².